The van der Waals surface area contributed by atoms with Crippen LogP contribution < -0.4 is 5.32 Å². The second-order valence-electron chi connectivity index (χ2n) is 4.27. The Labute approximate surface area is 116 Å². The van der Waals surface area contributed by atoms with Gasteiger partial charge < -0.3 is 10.2 Å². The third-order valence-corrected chi connectivity index (χ3v) is 3.53. The molecular formula is C12H12BrF3N2O. The molecule has 2 rings (SSSR count). The monoisotopic (exact) mass is 336 g/mol. The summed E-state index contributed by atoms with van der Waals surface area (Å²) >= 11 is 3.27. The second-order valence-corrected chi connectivity index (χ2v) is 5.18. The van der Waals surface area contributed by atoms with E-state index in [9.17, 15) is 18.0 Å². The number of benzene rings is 1. The van der Waals surface area contributed by atoms with E-state index in [-0.39, 0.29) is 6.54 Å². The molecule has 1 heterocycles. The minimum Gasteiger partial charge on any atom is -0.325 e. The standard InChI is InChI=1S/C12H12BrF3N2O/c13-9-3-1-8(2-4-9)10-7-17-5-6-18(10)11(19)12(14,15)16/h1-4,10,17H,5-7H2. The largest absolute Gasteiger partial charge is 0.471 e. The van der Waals surface area contributed by atoms with Gasteiger partial charge in [0.1, 0.15) is 0 Å². The maximum atomic E-state index is 12.6. The minimum atomic E-state index is -4.83. The predicted molar refractivity (Wildman–Crippen MR) is 67.5 cm³/mol. The van der Waals surface area contributed by atoms with Crippen molar-refractivity contribution in [3.8, 4) is 0 Å². The quantitative estimate of drug-likeness (QED) is 0.854. The lowest BCUT2D eigenvalue weighted by atomic mass is 10.0. The molecule has 1 aliphatic rings. The van der Waals surface area contributed by atoms with Crippen molar-refractivity contribution in [2.24, 2.45) is 0 Å². The average Bonchev–Trinajstić information content (AvgIpc) is 2.38. The van der Waals surface area contributed by atoms with E-state index in [1.54, 1.807) is 24.3 Å². The Hall–Kier alpha value is -1.08. The molecule has 19 heavy (non-hydrogen) atoms. The van der Waals surface area contributed by atoms with E-state index in [0.717, 1.165) is 9.37 Å². The smallest absolute Gasteiger partial charge is 0.325 e. The van der Waals surface area contributed by atoms with Crippen molar-refractivity contribution in [2.75, 3.05) is 19.6 Å². The van der Waals surface area contributed by atoms with Gasteiger partial charge in [-0.25, -0.2) is 0 Å². The van der Waals surface area contributed by atoms with Gasteiger partial charge in [-0.2, -0.15) is 13.2 Å². The Bertz CT molecular complexity index is 461. The summed E-state index contributed by atoms with van der Waals surface area (Å²) in [6, 6.07) is 6.35. The molecule has 0 saturated carbocycles. The van der Waals surface area contributed by atoms with E-state index >= 15 is 0 Å². The van der Waals surface area contributed by atoms with Crippen LogP contribution >= 0.6 is 15.9 Å². The number of carbonyl (C=O) groups is 1. The zero-order chi connectivity index (χ0) is 14.0. The summed E-state index contributed by atoms with van der Waals surface area (Å²) in [5.41, 5.74) is 0.688. The first-order valence-corrected chi connectivity index (χ1v) is 6.53. The van der Waals surface area contributed by atoms with Crippen LogP contribution in [0.15, 0.2) is 28.7 Å². The molecule has 104 valence electrons. The number of amides is 1. The van der Waals surface area contributed by atoms with Gasteiger partial charge >= 0.3 is 12.1 Å². The summed E-state index contributed by atoms with van der Waals surface area (Å²) in [5, 5.41) is 3.01. The van der Waals surface area contributed by atoms with Gasteiger partial charge in [0.25, 0.3) is 0 Å². The number of hydrogen-bond donors (Lipinski definition) is 1. The molecule has 1 atom stereocenters. The van der Waals surface area contributed by atoms with Crippen molar-refractivity contribution in [2.45, 2.75) is 12.2 Å². The van der Waals surface area contributed by atoms with Crippen molar-refractivity contribution >= 4 is 21.8 Å². The van der Waals surface area contributed by atoms with Gasteiger partial charge in [0.05, 0.1) is 6.04 Å². The number of hydrogen-bond acceptors (Lipinski definition) is 2. The van der Waals surface area contributed by atoms with Crippen molar-refractivity contribution in [3.63, 3.8) is 0 Å². The van der Waals surface area contributed by atoms with Crippen LogP contribution in [0.25, 0.3) is 0 Å². The Morgan fingerprint density at radius 3 is 2.53 bits per heavy atom. The van der Waals surface area contributed by atoms with Gasteiger partial charge in [-0.05, 0) is 17.7 Å². The fourth-order valence-electron chi connectivity index (χ4n) is 2.09. The molecule has 1 aliphatic heterocycles. The Kier molecular flexibility index (Phi) is 4.15. The third kappa shape index (κ3) is 3.27. The van der Waals surface area contributed by atoms with E-state index < -0.39 is 18.1 Å². The number of piperazine rings is 1. The normalized spacial score (nSPS) is 20.4. The van der Waals surface area contributed by atoms with Crippen LogP contribution in [-0.2, 0) is 4.79 Å². The van der Waals surface area contributed by atoms with Crippen molar-refractivity contribution in [1.29, 1.82) is 0 Å². The number of carbonyl (C=O) groups excluding carboxylic acids is 1. The topological polar surface area (TPSA) is 32.3 Å². The molecule has 0 bridgehead atoms. The molecular weight excluding hydrogens is 325 g/mol. The summed E-state index contributed by atoms with van der Waals surface area (Å²) in [7, 11) is 0. The Balaban J connectivity index is 2.26. The first kappa shape index (κ1) is 14.3. The number of nitrogens with zero attached hydrogens (tertiary/aromatic N) is 1. The van der Waals surface area contributed by atoms with E-state index in [1.165, 1.54) is 0 Å². The molecule has 0 radical (unpaired) electrons. The van der Waals surface area contributed by atoms with Crippen LogP contribution in [0.1, 0.15) is 11.6 Å². The fraction of sp³-hybridized carbons (Fsp3) is 0.417. The highest BCUT2D eigenvalue weighted by molar-refractivity contribution is 9.10. The lowest BCUT2D eigenvalue weighted by molar-refractivity contribution is -0.188. The van der Waals surface area contributed by atoms with Gasteiger partial charge in [-0.1, -0.05) is 28.1 Å². The molecule has 1 N–H and O–H groups in total. The Morgan fingerprint density at radius 2 is 1.95 bits per heavy atom. The predicted octanol–water partition coefficient (Wildman–Crippen LogP) is 2.48. The van der Waals surface area contributed by atoms with Crippen molar-refractivity contribution in [3.05, 3.63) is 34.3 Å². The van der Waals surface area contributed by atoms with E-state index in [1.807, 2.05) is 0 Å². The molecule has 1 amide bonds. The number of rotatable bonds is 1. The molecule has 1 fully saturated rings. The van der Waals surface area contributed by atoms with Crippen LogP contribution in [0.2, 0.25) is 0 Å². The van der Waals surface area contributed by atoms with Gasteiger partial charge in [-0.15, -0.1) is 0 Å². The molecule has 0 spiro atoms. The Morgan fingerprint density at radius 1 is 1.32 bits per heavy atom. The molecule has 7 heteroatoms. The number of halogens is 4. The molecule has 1 aromatic rings. The van der Waals surface area contributed by atoms with Crippen molar-refractivity contribution < 1.29 is 18.0 Å². The van der Waals surface area contributed by atoms with Crippen molar-refractivity contribution in [1.82, 2.24) is 10.2 Å². The highest BCUT2D eigenvalue weighted by atomic mass is 79.9. The van der Waals surface area contributed by atoms with Crippen LogP contribution in [0.3, 0.4) is 0 Å². The summed E-state index contributed by atoms with van der Waals surface area (Å²) in [4.78, 5) is 12.3. The third-order valence-electron chi connectivity index (χ3n) is 3.00. The summed E-state index contributed by atoms with van der Waals surface area (Å²) < 4.78 is 38.5. The molecule has 1 saturated heterocycles. The summed E-state index contributed by atoms with van der Waals surface area (Å²) in [5.74, 6) is -1.78. The first-order chi connectivity index (χ1) is 8.89. The summed E-state index contributed by atoms with van der Waals surface area (Å²) in [6.07, 6.45) is -4.83. The molecule has 0 aromatic heterocycles. The maximum Gasteiger partial charge on any atom is 0.471 e. The molecule has 1 aromatic carbocycles. The van der Waals surface area contributed by atoms with Gasteiger partial charge in [0, 0.05) is 24.1 Å². The van der Waals surface area contributed by atoms with Crippen LogP contribution in [0.4, 0.5) is 13.2 Å². The van der Waals surface area contributed by atoms with E-state index in [0.29, 0.717) is 18.7 Å². The summed E-state index contributed by atoms with van der Waals surface area (Å²) in [6.45, 7) is 0.747. The first-order valence-electron chi connectivity index (χ1n) is 5.73. The molecule has 3 nitrogen and oxygen atoms in total. The zero-order valence-electron chi connectivity index (χ0n) is 9.88. The minimum absolute atomic E-state index is 0.0546. The zero-order valence-corrected chi connectivity index (χ0v) is 11.5. The molecule has 1 unspecified atom stereocenters. The van der Waals surface area contributed by atoms with Crippen LogP contribution in [0, 0.1) is 0 Å². The van der Waals surface area contributed by atoms with Gasteiger partial charge in [0.2, 0.25) is 0 Å². The number of nitrogens with one attached hydrogen (secondary N) is 1. The second kappa shape index (κ2) is 5.50. The molecule has 0 aliphatic carbocycles. The van der Waals surface area contributed by atoms with E-state index in [2.05, 4.69) is 21.2 Å². The average molecular weight is 337 g/mol. The number of alkyl halides is 3. The van der Waals surface area contributed by atoms with Gasteiger partial charge in [0.15, 0.2) is 0 Å². The van der Waals surface area contributed by atoms with E-state index in [4.69, 9.17) is 0 Å². The van der Waals surface area contributed by atoms with Crippen LogP contribution in [-0.4, -0.2) is 36.6 Å². The highest BCUT2D eigenvalue weighted by Gasteiger charge is 2.45. The van der Waals surface area contributed by atoms with Crippen LogP contribution in [0.5, 0.6) is 0 Å². The lowest BCUT2D eigenvalue weighted by Gasteiger charge is -2.36. The van der Waals surface area contributed by atoms with Gasteiger partial charge in [-0.3, -0.25) is 4.79 Å². The SMILES string of the molecule is O=C(N1CCNCC1c1ccc(Br)cc1)C(F)(F)F. The maximum absolute atomic E-state index is 12.6. The highest BCUT2D eigenvalue weighted by Crippen LogP contribution is 2.28. The lowest BCUT2D eigenvalue weighted by Crippen LogP contribution is -2.52. The fourth-order valence-corrected chi connectivity index (χ4v) is 2.36.